The van der Waals surface area contributed by atoms with Crippen LogP contribution in [0.3, 0.4) is 0 Å². The van der Waals surface area contributed by atoms with Gasteiger partial charge in [-0.15, -0.1) is 15.0 Å². The maximum absolute atomic E-state index is 10.6. The molecule has 0 fully saturated rings. The highest BCUT2D eigenvalue weighted by atomic mass is 16.3. The average molecular weight is 436 g/mol. The van der Waals surface area contributed by atoms with Gasteiger partial charge in [-0.05, 0) is 61.1 Å². The highest BCUT2D eigenvalue weighted by molar-refractivity contribution is 5.75. The van der Waals surface area contributed by atoms with Crippen molar-refractivity contribution in [1.29, 1.82) is 0 Å². The van der Waals surface area contributed by atoms with E-state index < -0.39 is 0 Å². The first-order chi connectivity index (χ1) is 15.7. The van der Waals surface area contributed by atoms with E-state index in [1.54, 1.807) is 4.80 Å². The summed E-state index contributed by atoms with van der Waals surface area (Å²) in [6, 6.07) is 12.2. The molecule has 3 aromatic rings. The lowest BCUT2D eigenvalue weighted by molar-refractivity contribution is 0.466. The largest absolute Gasteiger partial charge is 0.506 e. The Kier molecular flexibility index (Phi) is 10.1. The number of hydrogen-bond acceptors (Lipinski definition) is 3. The first-order valence-corrected chi connectivity index (χ1v) is 12.9. The van der Waals surface area contributed by atoms with Crippen molar-refractivity contribution in [2.75, 3.05) is 0 Å². The first-order valence-electron chi connectivity index (χ1n) is 12.9. The number of rotatable bonds is 15. The monoisotopic (exact) mass is 435 g/mol. The predicted octanol–water partition coefficient (Wildman–Crippen LogP) is 7.93. The van der Waals surface area contributed by atoms with E-state index in [9.17, 15) is 5.11 Å². The average Bonchev–Trinajstić information content (AvgIpc) is 3.22. The minimum absolute atomic E-state index is 0.251. The van der Waals surface area contributed by atoms with Crippen LogP contribution in [0, 0.1) is 0 Å². The normalized spacial score (nSPS) is 11.4. The van der Waals surface area contributed by atoms with Gasteiger partial charge in [0.2, 0.25) is 0 Å². The fraction of sp³-hybridized carbons (Fsp3) is 0.571. The molecule has 1 N–H and O–H groups in total. The number of phenols is 1. The van der Waals surface area contributed by atoms with Gasteiger partial charge in [0, 0.05) is 0 Å². The smallest absolute Gasteiger partial charge is 0.143 e. The number of fused-ring (bicyclic) bond motifs is 1. The van der Waals surface area contributed by atoms with Crippen LogP contribution in [0.25, 0.3) is 16.7 Å². The van der Waals surface area contributed by atoms with Crippen molar-refractivity contribution in [3.05, 3.63) is 47.5 Å². The SMILES string of the molecule is CCCCCCCCCCCCc1ccc(-n2nc3ccc(CCCC)cc3n2)c(O)c1. The van der Waals surface area contributed by atoms with Crippen molar-refractivity contribution in [2.24, 2.45) is 0 Å². The summed E-state index contributed by atoms with van der Waals surface area (Å²) < 4.78 is 0. The zero-order valence-corrected chi connectivity index (χ0v) is 20.2. The third kappa shape index (κ3) is 7.36. The van der Waals surface area contributed by atoms with Gasteiger partial charge in [-0.3, -0.25) is 0 Å². The number of aromatic nitrogens is 3. The van der Waals surface area contributed by atoms with Crippen LogP contribution in [0.5, 0.6) is 5.75 Å². The van der Waals surface area contributed by atoms with Crippen molar-refractivity contribution in [1.82, 2.24) is 15.0 Å². The minimum atomic E-state index is 0.251. The van der Waals surface area contributed by atoms with Gasteiger partial charge < -0.3 is 5.11 Å². The summed E-state index contributed by atoms with van der Waals surface area (Å²) in [6.45, 7) is 4.48. The topological polar surface area (TPSA) is 50.9 Å². The number of phenolic OH excluding ortho intramolecular Hbond substituents is 1. The van der Waals surface area contributed by atoms with Gasteiger partial charge in [0.25, 0.3) is 0 Å². The van der Waals surface area contributed by atoms with E-state index in [1.807, 2.05) is 18.2 Å². The second-order valence-corrected chi connectivity index (χ2v) is 9.17. The Morgan fingerprint density at radius 2 is 1.19 bits per heavy atom. The molecular weight excluding hydrogens is 394 g/mol. The molecule has 0 saturated heterocycles. The third-order valence-electron chi connectivity index (χ3n) is 6.34. The lowest BCUT2D eigenvalue weighted by atomic mass is 10.0. The van der Waals surface area contributed by atoms with Crippen molar-refractivity contribution >= 4 is 11.0 Å². The Morgan fingerprint density at radius 3 is 1.88 bits per heavy atom. The van der Waals surface area contributed by atoms with Crippen LogP contribution < -0.4 is 0 Å². The second-order valence-electron chi connectivity index (χ2n) is 9.17. The van der Waals surface area contributed by atoms with E-state index >= 15 is 0 Å². The number of benzene rings is 2. The van der Waals surface area contributed by atoms with E-state index in [1.165, 1.54) is 88.2 Å². The molecule has 0 spiro atoms. The number of aryl methyl sites for hydroxylation is 2. The highest BCUT2D eigenvalue weighted by Gasteiger charge is 2.10. The zero-order chi connectivity index (χ0) is 22.6. The molecular formula is C28H41N3O. The Balaban J connectivity index is 1.46. The fourth-order valence-corrected chi connectivity index (χ4v) is 4.31. The highest BCUT2D eigenvalue weighted by Crippen LogP contribution is 2.25. The van der Waals surface area contributed by atoms with Crippen molar-refractivity contribution in [3.63, 3.8) is 0 Å². The Hall–Kier alpha value is -2.36. The molecule has 0 atom stereocenters. The summed E-state index contributed by atoms with van der Waals surface area (Å²) in [5.41, 5.74) is 4.86. The Bertz CT molecular complexity index is 947. The summed E-state index contributed by atoms with van der Waals surface area (Å²) in [6.07, 6.45) is 17.9. The molecule has 3 rings (SSSR count). The van der Waals surface area contributed by atoms with Crippen LogP contribution in [0.2, 0.25) is 0 Å². The van der Waals surface area contributed by atoms with E-state index in [4.69, 9.17) is 0 Å². The quantitative estimate of drug-likeness (QED) is 0.247. The molecule has 4 nitrogen and oxygen atoms in total. The molecule has 32 heavy (non-hydrogen) atoms. The Morgan fingerprint density at radius 1 is 0.625 bits per heavy atom. The molecule has 0 unspecified atom stereocenters. The molecule has 1 heterocycles. The molecule has 0 amide bonds. The summed E-state index contributed by atoms with van der Waals surface area (Å²) in [5, 5.41) is 19.8. The molecule has 0 bridgehead atoms. The maximum Gasteiger partial charge on any atom is 0.143 e. The first kappa shape index (κ1) is 24.3. The third-order valence-corrected chi connectivity index (χ3v) is 6.34. The molecule has 1 aromatic heterocycles. The molecule has 0 saturated carbocycles. The summed E-state index contributed by atoms with van der Waals surface area (Å²) in [7, 11) is 0. The molecule has 0 aliphatic heterocycles. The lowest BCUT2D eigenvalue weighted by Crippen LogP contribution is -1.99. The van der Waals surface area contributed by atoms with E-state index in [0.717, 1.165) is 23.9 Å². The maximum atomic E-state index is 10.6. The van der Waals surface area contributed by atoms with E-state index in [0.29, 0.717) is 5.69 Å². The Labute approximate surface area is 194 Å². The summed E-state index contributed by atoms with van der Waals surface area (Å²) in [5.74, 6) is 0.251. The van der Waals surface area contributed by atoms with Crippen molar-refractivity contribution < 1.29 is 5.11 Å². The molecule has 4 heteroatoms. The minimum Gasteiger partial charge on any atom is -0.506 e. The van der Waals surface area contributed by atoms with Gasteiger partial charge in [0.15, 0.2) is 0 Å². The van der Waals surface area contributed by atoms with Gasteiger partial charge in [0.05, 0.1) is 0 Å². The zero-order valence-electron chi connectivity index (χ0n) is 20.2. The van der Waals surface area contributed by atoms with Gasteiger partial charge in [-0.25, -0.2) is 0 Å². The van der Waals surface area contributed by atoms with Crippen LogP contribution in [0.15, 0.2) is 36.4 Å². The van der Waals surface area contributed by atoms with Gasteiger partial charge in [-0.1, -0.05) is 90.2 Å². The number of hydrogen-bond donors (Lipinski definition) is 1. The number of aromatic hydroxyl groups is 1. The molecule has 0 radical (unpaired) electrons. The molecule has 2 aromatic carbocycles. The van der Waals surface area contributed by atoms with Gasteiger partial charge >= 0.3 is 0 Å². The predicted molar refractivity (Wildman–Crippen MR) is 135 cm³/mol. The molecule has 0 aliphatic carbocycles. The van der Waals surface area contributed by atoms with Crippen LogP contribution in [-0.4, -0.2) is 20.1 Å². The van der Waals surface area contributed by atoms with E-state index in [2.05, 4.69) is 42.2 Å². The lowest BCUT2D eigenvalue weighted by Gasteiger charge is -2.07. The van der Waals surface area contributed by atoms with Crippen LogP contribution in [-0.2, 0) is 12.8 Å². The number of nitrogens with zero attached hydrogens (tertiary/aromatic N) is 3. The molecule has 0 aliphatic rings. The van der Waals surface area contributed by atoms with Gasteiger partial charge in [-0.2, -0.15) is 0 Å². The van der Waals surface area contributed by atoms with Crippen LogP contribution in [0.4, 0.5) is 0 Å². The van der Waals surface area contributed by atoms with Crippen LogP contribution in [0.1, 0.15) is 102 Å². The summed E-state index contributed by atoms with van der Waals surface area (Å²) in [4.78, 5) is 1.56. The van der Waals surface area contributed by atoms with Crippen molar-refractivity contribution in [3.8, 4) is 11.4 Å². The summed E-state index contributed by atoms with van der Waals surface area (Å²) >= 11 is 0. The second kappa shape index (κ2) is 13.2. The van der Waals surface area contributed by atoms with E-state index in [-0.39, 0.29) is 5.75 Å². The van der Waals surface area contributed by atoms with Crippen LogP contribution >= 0.6 is 0 Å². The van der Waals surface area contributed by atoms with Crippen molar-refractivity contribution in [2.45, 2.75) is 104 Å². The molecule has 174 valence electrons. The van der Waals surface area contributed by atoms with Gasteiger partial charge in [0.1, 0.15) is 22.5 Å². The standard InChI is InChI=1S/C28H41N3O/c1-3-5-7-8-9-10-11-12-13-14-16-24-18-20-27(28(32)22-24)31-29-25-19-17-23(15-6-4-2)21-26(25)30-31/h17-22,32H,3-16H2,1-2H3. The number of unbranched alkanes of at least 4 members (excludes halogenated alkanes) is 10. The fourth-order valence-electron chi connectivity index (χ4n) is 4.31.